The number of benzene rings is 1. The van der Waals surface area contributed by atoms with Crippen LogP contribution in [0.5, 0.6) is 0 Å². The lowest BCUT2D eigenvalue weighted by Gasteiger charge is -1.99. The molecule has 0 aromatic heterocycles. The predicted octanol–water partition coefficient (Wildman–Crippen LogP) is 1.74. The van der Waals surface area contributed by atoms with E-state index in [1.165, 1.54) is 24.3 Å². The minimum absolute atomic E-state index is 0.218. The summed E-state index contributed by atoms with van der Waals surface area (Å²) in [6, 6.07) is 5.64. The highest BCUT2D eigenvalue weighted by molar-refractivity contribution is 7.90. The van der Waals surface area contributed by atoms with Gasteiger partial charge in [0.1, 0.15) is 0 Å². The van der Waals surface area contributed by atoms with Gasteiger partial charge in [0.2, 0.25) is 0 Å². The molecule has 0 saturated heterocycles. The van der Waals surface area contributed by atoms with Gasteiger partial charge in [0.15, 0.2) is 9.84 Å². The maximum Gasteiger partial charge on any atom is 0.175 e. The van der Waals surface area contributed by atoms with Crippen LogP contribution in [0, 0.1) is 0 Å². The average molecular weight is 183 g/mol. The van der Waals surface area contributed by atoms with Crippen LogP contribution in [0.3, 0.4) is 0 Å². The molecule has 1 aromatic carbocycles. The first kappa shape index (κ1) is 8.86. The van der Waals surface area contributed by atoms with Crippen molar-refractivity contribution in [1.82, 2.24) is 0 Å². The number of rotatable bonds is 2. The van der Waals surface area contributed by atoms with Crippen LogP contribution in [-0.4, -0.2) is 14.7 Å². The highest BCUT2D eigenvalue weighted by Gasteiger charge is 2.04. The topological polar surface area (TPSA) is 68.8 Å². The maximum absolute atomic E-state index is 10.9. The molecule has 0 radical (unpaired) electrons. The Balaban J connectivity index is 3.17. The van der Waals surface area contributed by atoms with Crippen molar-refractivity contribution in [3.8, 4) is 0 Å². The second-order valence-electron chi connectivity index (χ2n) is 2.37. The van der Waals surface area contributed by atoms with E-state index in [0.29, 0.717) is 5.69 Å². The third-order valence-electron chi connectivity index (χ3n) is 1.38. The van der Waals surface area contributed by atoms with E-state index in [-0.39, 0.29) is 4.90 Å². The molecular weight excluding hydrogens is 176 g/mol. The largest absolute Gasteiger partial charge is 0.706 e. The molecule has 0 atom stereocenters. The van der Waals surface area contributed by atoms with E-state index in [1.54, 1.807) is 0 Å². The predicted molar refractivity (Wildman–Crippen MR) is 45.0 cm³/mol. The Morgan fingerprint density at radius 2 is 1.75 bits per heavy atom. The molecule has 0 N–H and O–H groups in total. The molecule has 64 valence electrons. The number of nitrogens with zero attached hydrogens (tertiary/aromatic N) is 2. The van der Waals surface area contributed by atoms with Gasteiger partial charge in [-0.15, -0.1) is 0 Å². The van der Waals surface area contributed by atoms with Gasteiger partial charge in [-0.3, -0.25) is 0 Å². The van der Waals surface area contributed by atoms with E-state index in [2.05, 4.69) is 5.11 Å². The molecule has 0 spiro atoms. The van der Waals surface area contributed by atoms with Gasteiger partial charge in [0, 0.05) is 11.9 Å². The van der Waals surface area contributed by atoms with Gasteiger partial charge in [-0.25, -0.2) is 8.42 Å². The summed E-state index contributed by atoms with van der Waals surface area (Å²) < 4.78 is 21.9. The molecule has 12 heavy (non-hydrogen) atoms. The molecule has 0 unspecified atom stereocenters. The summed E-state index contributed by atoms with van der Waals surface area (Å²) in [5.74, 6) is 0. The van der Waals surface area contributed by atoms with Crippen LogP contribution in [0.1, 0.15) is 0 Å². The van der Waals surface area contributed by atoms with E-state index in [4.69, 9.17) is 5.53 Å². The zero-order valence-electron chi connectivity index (χ0n) is 6.43. The SMILES string of the molecule is CS(=O)(=O)c1ccc(N=[N-])cc1. The van der Waals surface area contributed by atoms with Crippen LogP contribution >= 0.6 is 0 Å². The van der Waals surface area contributed by atoms with Crippen molar-refractivity contribution in [2.24, 2.45) is 5.11 Å². The van der Waals surface area contributed by atoms with Gasteiger partial charge in [-0.05, 0) is 24.3 Å². The van der Waals surface area contributed by atoms with Crippen molar-refractivity contribution in [1.29, 1.82) is 0 Å². The molecule has 0 fully saturated rings. The van der Waals surface area contributed by atoms with E-state index >= 15 is 0 Å². The van der Waals surface area contributed by atoms with Crippen molar-refractivity contribution >= 4 is 15.5 Å². The van der Waals surface area contributed by atoms with Gasteiger partial charge in [0.25, 0.3) is 0 Å². The van der Waals surface area contributed by atoms with Crippen molar-refractivity contribution in [2.45, 2.75) is 4.90 Å². The molecule has 0 aliphatic rings. The summed E-state index contributed by atoms with van der Waals surface area (Å²) in [6.07, 6.45) is 1.12. The molecule has 0 bridgehead atoms. The quantitative estimate of drug-likeness (QED) is 0.655. The fraction of sp³-hybridized carbons (Fsp3) is 0.143. The first-order valence-corrected chi connectivity index (χ1v) is 5.08. The molecule has 1 aromatic rings. The summed E-state index contributed by atoms with van der Waals surface area (Å²) in [7, 11) is -3.15. The van der Waals surface area contributed by atoms with E-state index < -0.39 is 9.84 Å². The first-order valence-electron chi connectivity index (χ1n) is 3.19. The monoisotopic (exact) mass is 183 g/mol. The van der Waals surface area contributed by atoms with Crippen LogP contribution in [0.15, 0.2) is 34.3 Å². The minimum Gasteiger partial charge on any atom is -0.706 e. The number of hydrogen-bond acceptors (Lipinski definition) is 3. The van der Waals surface area contributed by atoms with Gasteiger partial charge < -0.3 is 10.6 Å². The van der Waals surface area contributed by atoms with Gasteiger partial charge in [-0.2, -0.15) is 0 Å². The van der Waals surface area contributed by atoms with Crippen molar-refractivity contribution < 1.29 is 8.42 Å². The molecular formula is C7H7N2O2S-. The Bertz CT molecular complexity index is 380. The summed E-state index contributed by atoms with van der Waals surface area (Å²) in [5, 5.41) is 2.90. The zero-order valence-corrected chi connectivity index (χ0v) is 7.25. The third-order valence-corrected chi connectivity index (χ3v) is 2.51. The molecule has 0 saturated carbocycles. The van der Waals surface area contributed by atoms with Gasteiger partial charge in [0.05, 0.1) is 4.90 Å². The van der Waals surface area contributed by atoms with Gasteiger partial charge >= 0.3 is 0 Å². The Morgan fingerprint density at radius 3 is 2.08 bits per heavy atom. The van der Waals surface area contributed by atoms with E-state index in [0.717, 1.165) is 6.26 Å². The second-order valence-corrected chi connectivity index (χ2v) is 4.38. The molecule has 0 aliphatic carbocycles. The van der Waals surface area contributed by atoms with Crippen LogP contribution in [0.25, 0.3) is 5.53 Å². The van der Waals surface area contributed by atoms with Crippen molar-refractivity contribution in [3.63, 3.8) is 0 Å². The molecule has 0 aliphatic heterocycles. The highest BCUT2D eigenvalue weighted by Crippen LogP contribution is 2.15. The normalized spacial score (nSPS) is 11.1. The fourth-order valence-corrected chi connectivity index (χ4v) is 1.39. The molecule has 4 nitrogen and oxygen atoms in total. The Labute approximate surface area is 70.7 Å². The van der Waals surface area contributed by atoms with Gasteiger partial charge in [-0.1, -0.05) is 0 Å². The zero-order chi connectivity index (χ0) is 9.19. The molecule has 5 heteroatoms. The lowest BCUT2D eigenvalue weighted by molar-refractivity contribution is 0.602. The lowest BCUT2D eigenvalue weighted by Crippen LogP contribution is -1.95. The summed E-state index contributed by atoms with van der Waals surface area (Å²) in [5.41, 5.74) is 8.64. The second kappa shape index (κ2) is 3.02. The highest BCUT2D eigenvalue weighted by atomic mass is 32.2. The standard InChI is InChI=1S/C7H7N2O2S/c1-12(10,11)7-4-2-6(9-8)3-5-7/h2-5H,1H3/q-1. The van der Waals surface area contributed by atoms with Crippen molar-refractivity contribution in [2.75, 3.05) is 6.26 Å². The van der Waals surface area contributed by atoms with Crippen LogP contribution < -0.4 is 0 Å². The number of hydrogen-bond donors (Lipinski definition) is 0. The first-order chi connectivity index (χ1) is 5.54. The minimum atomic E-state index is -3.15. The van der Waals surface area contributed by atoms with Crippen LogP contribution in [-0.2, 0) is 9.84 Å². The Kier molecular flexibility index (Phi) is 2.23. The Morgan fingerprint density at radius 1 is 1.25 bits per heavy atom. The van der Waals surface area contributed by atoms with E-state index in [9.17, 15) is 8.42 Å². The maximum atomic E-state index is 10.9. The van der Waals surface area contributed by atoms with Crippen LogP contribution in [0.2, 0.25) is 0 Å². The fourth-order valence-electron chi connectivity index (χ4n) is 0.760. The summed E-state index contributed by atoms with van der Waals surface area (Å²) >= 11 is 0. The third kappa shape index (κ3) is 1.88. The van der Waals surface area contributed by atoms with E-state index in [1.807, 2.05) is 0 Å². The smallest absolute Gasteiger partial charge is 0.175 e. The summed E-state index contributed by atoms with van der Waals surface area (Å²) in [4.78, 5) is 0.218. The molecule has 0 amide bonds. The molecule has 0 heterocycles. The van der Waals surface area contributed by atoms with Crippen LogP contribution in [0.4, 0.5) is 5.69 Å². The summed E-state index contributed by atoms with van der Waals surface area (Å²) in [6.45, 7) is 0. The Hall–Kier alpha value is -1.23. The molecule has 1 rings (SSSR count). The average Bonchev–Trinajstić information content (AvgIpc) is 2.03. The van der Waals surface area contributed by atoms with Crippen molar-refractivity contribution in [3.05, 3.63) is 29.8 Å². The number of sulfone groups is 1. The lowest BCUT2D eigenvalue weighted by atomic mass is 10.3.